The van der Waals surface area contributed by atoms with Crippen molar-refractivity contribution in [2.24, 2.45) is 0 Å². The summed E-state index contributed by atoms with van der Waals surface area (Å²) in [4.78, 5) is 4.39. The number of halogens is 1. The van der Waals surface area contributed by atoms with E-state index in [0.717, 1.165) is 38.4 Å². The highest BCUT2D eigenvalue weighted by atomic mass is 79.9. The van der Waals surface area contributed by atoms with Crippen LogP contribution in [0.15, 0.2) is 28.9 Å². The molecule has 0 radical (unpaired) electrons. The minimum atomic E-state index is 0.868. The minimum absolute atomic E-state index is 0.868. The summed E-state index contributed by atoms with van der Waals surface area (Å²) in [5.74, 6) is 1.80. The molecular weight excluding hydrogens is 304 g/mol. The van der Waals surface area contributed by atoms with Crippen LogP contribution in [0.3, 0.4) is 0 Å². The second kappa shape index (κ2) is 5.61. The summed E-state index contributed by atoms with van der Waals surface area (Å²) >= 11 is 3.42. The van der Waals surface area contributed by atoms with Crippen LogP contribution in [-0.2, 0) is 0 Å². The maximum Gasteiger partial charge on any atom is 0.133 e. The molecule has 0 bridgehead atoms. The van der Waals surface area contributed by atoms with Gasteiger partial charge >= 0.3 is 0 Å². The van der Waals surface area contributed by atoms with Gasteiger partial charge in [-0.2, -0.15) is 0 Å². The summed E-state index contributed by atoms with van der Waals surface area (Å²) in [6.07, 6.45) is 1.79. The fourth-order valence-electron chi connectivity index (χ4n) is 2.15. The molecule has 2 aromatic rings. The van der Waals surface area contributed by atoms with Gasteiger partial charge < -0.3 is 10.1 Å². The summed E-state index contributed by atoms with van der Waals surface area (Å²) in [5.41, 5.74) is 4.34. The highest BCUT2D eigenvalue weighted by Crippen LogP contribution is 2.29. The van der Waals surface area contributed by atoms with Gasteiger partial charge in [0.2, 0.25) is 0 Å². The van der Waals surface area contributed by atoms with Crippen molar-refractivity contribution >= 4 is 27.4 Å². The van der Waals surface area contributed by atoms with Gasteiger partial charge in [-0.15, -0.1) is 0 Å². The van der Waals surface area contributed by atoms with Crippen LogP contribution >= 0.6 is 15.9 Å². The number of ether oxygens (including phenoxy) is 1. The Balaban J connectivity index is 2.33. The molecule has 0 aliphatic rings. The molecule has 4 heteroatoms. The summed E-state index contributed by atoms with van der Waals surface area (Å²) in [7, 11) is 1.70. The standard InChI is InChI=1S/C15H17BrN2O/c1-9-6-13(7-10(2)14(9)19-4)18-15-11(3)5-12(16)8-17-15/h5-8H,1-4H3,(H,17,18). The first-order chi connectivity index (χ1) is 9.01. The molecule has 1 aromatic heterocycles. The Morgan fingerprint density at radius 1 is 1.05 bits per heavy atom. The van der Waals surface area contributed by atoms with Crippen LogP contribution in [0, 0.1) is 20.8 Å². The van der Waals surface area contributed by atoms with Crippen molar-refractivity contribution in [2.45, 2.75) is 20.8 Å². The summed E-state index contributed by atoms with van der Waals surface area (Å²) in [5, 5.41) is 3.34. The van der Waals surface area contributed by atoms with Crippen LogP contribution in [0.2, 0.25) is 0 Å². The Bertz CT molecular complexity index is 588. The van der Waals surface area contributed by atoms with Gasteiger partial charge in [0.1, 0.15) is 11.6 Å². The van der Waals surface area contributed by atoms with E-state index >= 15 is 0 Å². The van der Waals surface area contributed by atoms with Gasteiger partial charge in [0, 0.05) is 16.4 Å². The molecule has 0 aliphatic carbocycles. The Hall–Kier alpha value is -1.55. The number of hydrogen-bond acceptors (Lipinski definition) is 3. The molecule has 100 valence electrons. The smallest absolute Gasteiger partial charge is 0.133 e. The third-order valence-corrected chi connectivity index (χ3v) is 3.41. The maximum absolute atomic E-state index is 5.37. The van der Waals surface area contributed by atoms with E-state index in [-0.39, 0.29) is 0 Å². The van der Waals surface area contributed by atoms with Crippen LogP contribution in [0.25, 0.3) is 0 Å². The lowest BCUT2D eigenvalue weighted by Crippen LogP contribution is -1.99. The number of benzene rings is 1. The number of aromatic nitrogens is 1. The quantitative estimate of drug-likeness (QED) is 0.902. The molecule has 0 spiro atoms. The lowest BCUT2D eigenvalue weighted by Gasteiger charge is -2.13. The number of methoxy groups -OCH3 is 1. The topological polar surface area (TPSA) is 34.1 Å². The van der Waals surface area contributed by atoms with Gasteiger partial charge in [0.25, 0.3) is 0 Å². The van der Waals surface area contributed by atoms with Crippen molar-refractivity contribution in [3.63, 3.8) is 0 Å². The van der Waals surface area contributed by atoms with Gasteiger partial charge in [-0.05, 0) is 71.6 Å². The highest BCUT2D eigenvalue weighted by Gasteiger charge is 2.07. The van der Waals surface area contributed by atoms with Crippen molar-refractivity contribution in [3.05, 3.63) is 45.6 Å². The fraction of sp³-hybridized carbons (Fsp3) is 0.267. The molecule has 2 rings (SSSR count). The molecule has 0 saturated carbocycles. The Morgan fingerprint density at radius 3 is 2.21 bits per heavy atom. The van der Waals surface area contributed by atoms with Gasteiger partial charge in [0.05, 0.1) is 7.11 Å². The first-order valence-corrected chi connectivity index (χ1v) is 6.85. The number of pyridine rings is 1. The largest absolute Gasteiger partial charge is 0.496 e. The molecule has 3 nitrogen and oxygen atoms in total. The van der Waals surface area contributed by atoms with Crippen molar-refractivity contribution < 1.29 is 4.74 Å². The molecular formula is C15H17BrN2O. The molecule has 0 unspecified atom stereocenters. The van der Waals surface area contributed by atoms with E-state index < -0.39 is 0 Å². The average Bonchev–Trinajstić information content (AvgIpc) is 2.32. The molecule has 0 fully saturated rings. The monoisotopic (exact) mass is 320 g/mol. The number of anilines is 2. The molecule has 19 heavy (non-hydrogen) atoms. The van der Waals surface area contributed by atoms with E-state index in [2.05, 4.69) is 38.4 Å². The van der Waals surface area contributed by atoms with Crippen molar-refractivity contribution in [3.8, 4) is 5.75 Å². The summed E-state index contributed by atoms with van der Waals surface area (Å²) in [6, 6.07) is 6.17. The van der Waals surface area contributed by atoms with Crippen LogP contribution in [0.4, 0.5) is 11.5 Å². The predicted molar refractivity (Wildman–Crippen MR) is 82.4 cm³/mol. The van der Waals surface area contributed by atoms with Gasteiger partial charge in [0.15, 0.2) is 0 Å². The average molecular weight is 321 g/mol. The van der Waals surface area contributed by atoms with E-state index in [4.69, 9.17) is 4.74 Å². The van der Waals surface area contributed by atoms with E-state index in [1.165, 1.54) is 0 Å². The molecule has 1 aromatic carbocycles. The summed E-state index contributed by atoms with van der Waals surface area (Å²) in [6.45, 7) is 6.11. The van der Waals surface area contributed by atoms with Crippen molar-refractivity contribution in [1.29, 1.82) is 0 Å². The number of nitrogens with one attached hydrogen (secondary N) is 1. The van der Waals surface area contributed by atoms with Crippen LogP contribution in [0.5, 0.6) is 5.75 Å². The fourth-order valence-corrected chi connectivity index (χ4v) is 2.60. The molecule has 0 saturated heterocycles. The Morgan fingerprint density at radius 2 is 1.68 bits per heavy atom. The predicted octanol–water partition coefficient (Wildman–Crippen LogP) is 4.52. The second-order valence-electron chi connectivity index (χ2n) is 4.59. The molecule has 0 atom stereocenters. The molecule has 1 heterocycles. The Labute approximate surface area is 122 Å². The molecule has 0 aliphatic heterocycles. The van der Waals surface area contributed by atoms with Gasteiger partial charge in [-0.1, -0.05) is 0 Å². The second-order valence-corrected chi connectivity index (χ2v) is 5.50. The molecule has 1 N–H and O–H groups in total. The maximum atomic E-state index is 5.37. The normalized spacial score (nSPS) is 10.4. The van der Waals surface area contributed by atoms with Crippen LogP contribution in [0.1, 0.15) is 16.7 Å². The molecule has 0 amide bonds. The SMILES string of the molecule is COc1c(C)cc(Nc2ncc(Br)cc2C)cc1C. The first-order valence-electron chi connectivity index (χ1n) is 6.05. The third kappa shape index (κ3) is 3.07. The first kappa shape index (κ1) is 13.9. The zero-order valence-electron chi connectivity index (χ0n) is 11.5. The van der Waals surface area contributed by atoms with Gasteiger partial charge in [-0.25, -0.2) is 4.98 Å². The zero-order valence-corrected chi connectivity index (χ0v) is 13.1. The van der Waals surface area contributed by atoms with Crippen molar-refractivity contribution in [2.75, 3.05) is 12.4 Å². The zero-order chi connectivity index (χ0) is 14.0. The minimum Gasteiger partial charge on any atom is -0.496 e. The Kier molecular flexibility index (Phi) is 4.10. The number of hydrogen-bond donors (Lipinski definition) is 1. The highest BCUT2D eigenvalue weighted by molar-refractivity contribution is 9.10. The van der Waals surface area contributed by atoms with E-state index in [9.17, 15) is 0 Å². The van der Waals surface area contributed by atoms with E-state index in [0.29, 0.717) is 0 Å². The number of aryl methyl sites for hydroxylation is 3. The van der Waals surface area contributed by atoms with E-state index in [1.807, 2.05) is 26.8 Å². The van der Waals surface area contributed by atoms with Crippen LogP contribution in [-0.4, -0.2) is 12.1 Å². The number of nitrogens with zero attached hydrogens (tertiary/aromatic N) is 1. The van der Waals surface area contributed by atoms with Crippen molar-refractivity contribution in [1.82, 2.24) is 4.98 Å². The van der Waals surface area contributed by atoms with E-state index in [1.54, 1.807) is 13.3 Å². The summed E-state index contributed by atoms with van der Waals surface area (Å²) < 4.78 is 6.35. The lowest BCUT2D eigenvalue weighted by atomic mass is 10.1. The lowest BCUT2D eigenvalue weighted by molar-refractivity contribution is 0.408. The van der Waals surface area contributed by atoms with Crippen LogP contribution < -0.4 is 10.1 Å². The van der Waals surface area contributed by atoms with Gasteiger partial charge in [-0.3, -0.25) is 0 Å². The number of rotatable bonds is 3. The third-order valence-electron chi connectivity index (χ3n) is 2.97.